The molecule has 3 aliphatic rings. The average Bonchev–Trinajstić information content (AvgIpc) is 3.54. The third-order valence-electron chi connectivity index (χ3n) is 6.65. The van der Waals surface area contributed by atoms with Crippen molar-refractivity contribution < 1.29 is 32.3 Å². The molecule has 1 atom stereocenters. The first-order chi connectivity index (χ1) is 16.1. The maximum atomic E-state index is 13.9. The molecule has 0 radical (unpaired) electrons. The van der Waals surface area contributed by atoms with Crippen LogP contribution in [-0.2, 0) is 25.3 Å². The highest BCUT2D eigenvalue weighted by molar-refractivity contribution is 6.10. The van der Waals surface area contributed by atoms with E-state index in [1.807, 2.05) is 0 Å². The Morgan fingerprint density at radius 3 is 2.38 bits per heavy atom. The fourth-order valence-electron chi connectivity index (χ4n) is 4.44. The molecule has 3 N–H and O–H groups in total. The smallest absolute Gasteiger partial charge is 0.370 e. The minimum atomic E-state index is -4.80. The summed E-state index contributed by atoms with van der Waals surface area (Å²) in [4.78, 5) is 40.4. The predicted molar refractivity (Wildman–Crippen MR) is 118 cm³/mol. The topological polar surface area (TPSA) is 105 Å². The summed E-state index contributed by atoms with van der Waals surface area (Å²) < 4.78 is 46.7. The summed E-state index contributed by atoms with van der Waals surface area (Å²) in [7, 11) is 0. The van der Waals surface area contributed by atoms with Gasteiger partial charge in [-0.3, -0.25) is 19.3 Å². The number of carbonyl (C=O) groups is 3. The Morgan fingerprint density at radius 2 is 1.85 bits per heavy atom. The van der Waals surface area contributed by atoms with Crippen molar-refractivity contribution in [2.24, 2.45) is 17.6 Å². The molecule has 0 bridgehead atoms. The largest absolute Gasteiger partial charge is 0.418 e. The van der Waals surface area contributed by atoms with E-state index >= 15 is 0 Å². The Balaban J connectivity index is 1.57. The SMILES string of the molecule is NC(=O)[C@@H](C(=O)Nc1ccc(N2CCOCC2=O)cc1C(F)(F)F)N(CC1CCC1)CC1CC1. The lowest BCUT2D eigenvalue weighted by Gasteiger charge is -2.35. The van der Waals surface area contributed by atoms with Gasteiger partial charge in [-0.15, -0.1) is 0 Å². The fourth-order valence-corrected chi connectivity index (χ4v) is 4.44. The molecule has 1 aliphatic heterocycles. The Bertz CT molecular complexity index is 947. The normalized spacial score (nSPS) is 20.2. The molecule has 0 aromatic heterocycles. The number of nitrogens with two attached hydrogens (primary N) is 1. The molecule has 34 heavy (non-hydrogen) atoms. The summed E-state index contributed by atoms with van der Waals surface area (Å²) in [5, 5.41) is 2.29. The van der Waals surface area contributed by atoms with E-state index in [0.29, 0.717) is 24.9 Å². The minimum Gasteiger partial charge on any atom is -0.370 e. The number of anilines is 2. The van der Waals surface area contributed by atoms with E-state index in [1.54, 1.807) is 4.90 Å². The van der Waals surface area contributed by atoms with Crippen molar-refractivity contribution in [1.29, 1.82) is 0 Å². The van der Waals surface area contributed by atoms with E-state index in [2.05, 4.69) is 5.32 Å². The molecular weight excluding hydrogens is 453 g/mol. The van der Waals surface area contributed by atoms with Crippen molar-refractivity contribution in [2.45, 2.75) is 44.3 Å². The van der Waals surface area contributed by atoms with Crippen LogP contribution in [0.25, 0.3) is 0 Å². The lowest BCUT2D eigenvalue weighted by atomic mass is 9.84. The van der Waals surface area contributed by atoms with Crippen molar-refractivity contribution in [3.63, 3.8) is 0 Å². The van der Waals surface area contributed by atoms with Gasteiger partial charge in [-0.25, -0.2) is 0 Å². The lowest BCUT2D eigenvalue weighted by Crippen LogP contribution is -2.54. The van der Waals surface area contributed by atoms with Gasteiger partial charge in [-0.2, -0.15) is 13.2 Å². The number of hydrogen-bond acceptors (Lipinski definition) is 5. The highest BCUT2D eigenvalue weighted by Crippen LogP contribution is 2.38. The maximum Gasteiger partial charge on any atom is 0.418 e. The second kappa shape index (κ2) is 9.91. The summed E-state index contributed by atoms with van der Waals surface area (Å²) in [5.41, 5.74) is 4.04. The minimum absolute atomic E-state index is 0.0606. The van der Waals surface area contributed by atoms with Crippen LogP contribution >= 0.6 is 0 Å². The van der Waals surface area contributed by atoms with E-state index in [4.69, 9.17) is 10.5 Å². The highest BCUT2D eigenvalue weighted by atomic mass is 19.4. The molecule has 3 fully saturated rings. The number of halogens is 3. The Hall–Kier alpha value is -2.66. The van der Waals surface area contributed by atoms with Gasteiger partial charge in [0.25, 0.3) is 11.8 Å². The number of benzene rings is 1. The van der Waals surface area contributed by atoms with Gasteiger partial charge in [0.15, 0.2) is 6.04 Å². The lowest BCUT2D eigenvalue weighted by molar-refractivity contribution is -0.137. The van der Waals surface area contributed by atoms with Crippen molar-refractivity contribution >= 4 is 29.1 Å². The third kappa shape index (κ3) is 5.69. The standard InChI is InChI=1S/C23H29F3N4O4/c24-23(25,26)17-10-16(30-8-9-34-13-19(30)31)6-7-18(17)28-22(33)20(21(27)32)29(12-15-4-5-15)11-14-2-1-3-14/h6-7,10,14-15,20H,1-5,8-9,11-13H2,(H2,27,32)(H,28,33)/t20-/m0/s1. The number of ether oxygens (including phenoxy) is 1. The summed E-state index contributed by atoms with van der Waals surface area (Å²) in [6.45, 7) is 1.16. The van der Waals surface area contributed by atoms with Crippen LogP contribution in [0.3, 0.4) is 0 Å². The number of nitrogens with zero attached hydrogens (tertiary/aromatic N) is 2. The molecule has 0 unspecified atom stereocenters. The number of alkyl halides is 3. The summed E-state index contributed by atoms with van der Waals surface area (Å²) in [5.74, 6) is -1.50. The predicted octanol–water partition coefficient (Wildman–Crippen LogP) is 2.37. The van der Waals surface area contributed by atoms with Crippen LogP contribution in [0.2, 0.25) is 0 Å². The Kier molecular flexibility index (Phi) is 7.13. The van der Waals surface area contributed by atoms with Gasteiger partial charge in [0.2, 0.25) is 5.91 Å². The zero-order chi connectivity index (χ0) is 24.5. The molecule has 11 heteroatoms. The van der Waals surface area contributed by atoms with E-state index in [0.717, 1.165) is 44.2 Å². The molecule has 8 nitrogen and oxygen atoms in total. The zero-order valence-electron chi connectivity index (χ0n) is 18.8. The number of nitrogens with one attached hydrogen (secondary N) is 1. The zero-order valence-corrected chi connectivity index (χ0v) is 18.8. The molecule has 1 aromatic rings. The number of hydrogen-bond donors (Lipinski definition) is 2. The van der Waals surface area contributed by atoms with Crippen LogP contribution in [0.15, 0.2) is 18.2 Å². The first-order valence-electron chi connectivity index (χ1n) is 11.6. The number of morpholine rings is 1. The van der Waals surface area contributed by atoms with Crippen LogP contribution in [-0.4, -0.2) is 61.5 Å². The first-order valence-corrected chi connectivity index (χ1v) is 11.6. The second-order valence-corrected chi connectivity index (χ2v) is 9.31. The monoisotopic (exact) mass is 482 g/mol. The van der Waals surface area contributed by atoms with Gasteiger partial charge in [-0.1, -0.05) is 6.42 Å². The quantitative estimate of drug-likeness (QED) is 0.526. The summed E-state index contributed by atoms with van der Waals surface area (Å²) in [6.07, 6.45) is 0.267. The van der Waals surface area contributed by atoms with Crippen molar-refractivity contribution in [2.75, 3.05) is 43.1 Å². The van der Waals surface area contributed by atoms with E-state index in [-0.39, 0.29) is 25.4 Å². The second-order valence-electron chi connectivity index (χ2n) is 9.31. The van der Waals surface area contributed by atoms with Crippen LogP contribution in [0.1, 0.15) is 37.7 Å². The van der Waals surface area contributed by atoms with Gasteiger partial charge < -0.3 is 20.7 Å². The number of amides is 3. The maximum absolute atomic E-state index is 13.9. The highest BCUT2D eigenvalue weighted by Gasteiger charge is 2.39. The first kappa shape index (κ1) is 24.5. The third-order valence-corrected chi connectivity index (χ3v) is 6.65. The van der Waals surface area contributed by atoms with Crippen LogP contribution in [0.5, 0.6) is 0 Å². The molecule has 4 rings (SSSR count). The fraction of sp³-hybridized carbons (Fsp3) is 0.609. The molecule has 3 amide bonds. The van der Waals surface area contributed by atoms with Crippen molar-refractivity contribution in [3.05, 3.63) is 23.8 Å². The van der Waals surface area contributed by atoms with Crippen LogP contribution in [0.4, 0.5) is 24.5 Å². The Labute approximate surface area is 195 Å². The van der Waals surface area contributed by atoms with Gasteiger partial charge in [-0.05, 0) is 55.7 Å². The molecule has 1 aromatic carbocycles. The van der Waals surface area contributed by atoms with Crippen LogP contribution in [0, 0.1) is 11.8 Å². The summed E-state index contributed by atoms with van der Waals surface area (Å²) in [6, 6.07) is 1.91. The average molecular weight is 483 g/mol. The van der Waals surface area contributed by atoms with Gasteiger partial charge in [0.1, 0.15) is 6.61 Å². The Morgan fingerprint density at radius 1 is 1.18 bits per heavy atom. The molecule has 1 heterocycles. The summed E-state index contributed by atoms with van der Waals surface area (Å²) >= 11 is 0. The number of rotatable bonds is 9. The molecule has 0 spiro atoms. The van der Waals surface area contributed by atoms with E-state index in [1.165, 1.54) is 11.0 Å². The number of primary amides is 1. The van der Waals surface area contributed by atoms with Crippen molar-refractivity contribution in [3.8, 4) is 0 Å². The molecular formula is C23H29F3N4O4. The van der Waals surface area contributed by atoms with Crippen molar-refractivity contribution in [1.82, 2.24) is 4.90 Å². The van der Waals surface area contributed by atoms with Gasteiger partial charge in [0, 0.05) is 25.3 Å². The number of carbonyl (C=O) groups excluding carboxylic acids is 3. The molecule has 2 aliphatic carbocycles. The van der Waals surface area contributed by atoms with Gasteiger partial charge in [0.05, 0.1) is 17.9 Å². The van der Waals surface area contributed by atoms with E-state index < -0.39 is 41.2 Å². The molecule has 1 saturated heterocycles. The van der Waals surface area contributed by atoms with Crippen LogP contribution < -0.4 is 16.0 Å². The molecule has 186 valence electrons. The molecule has 2 saturated carbocycles. The van der Waals surface area contributed by atoms with Gasteiger partial charge >= 0.3 is 6.18 Å². The van der Waals surface area contributed by atoms with E-state index in [9.17, 15) is 27.6 Å².